The molecule has 2 aromatic carbocycles. The van der Waals surface area contributed by atoms with Crippen LogP contribution in [0.3, 0.4) is 0 Å². The van der Waals surface area contributed by atoms with Gasteiger partial charge in [0.1, 0.15) is 5.75 Å². The summed E-state index contributed by atoms with van der Waals surface area (Å²) in [6, 6.07) is 15.4. The number of anilines is 1. The van der Waals surface area contributed by atoms with Crippen LogP contribution in [-0.2, 0) is 11.2 Å². The highest BCUT2D eigenvalue weighted by Gasteiger charge is 2.05. The first kappa shape index (κ1) is 18.7. The van der Waals surface area contributed by atoms with E-state index in [-0.39, 0.29) is 11.5 Å². The topological polar surface area (TPSA) is 71.2 Å². The van der Waals surface area contributed by atoms with Crippen molar-refractivity contribution >= 4 is 22.5 Å². The number of nitrogens with one attached hydrogen (secondary N) is 2. The molecule has 2 N–H and O–H groups in total. The van der Waals surface area contributed by atoms with E-state index in [2.05, 4.69) is 22.4 Å². The molecule has 0 aliphatic heterocycles. The zero-order valence-corrected chi connectivity index (χ0v) is 15.7. The van der Waals surface area contributed by atoms with Crippen LogP contribution >= 0.6 is 0 Å². The maximum Gasteiger partial charge on any atom is 0.251 e. The van der Waals surface area contributed by atoms with Crippen LogP contribution in [0.4, 0.5) is 5.69 Å². The Bertz CT molecular complexity index is 991. The smallest absolute Gasteiger partial charge is 0.251 e. The van der Waals surface area contributed by atoms with Crippen LogP contribution in [0.1, 0.15) is 30.4 Å². The summed E-state index contributed by atoms with van der Waals surface area (Å²) in [6.07, 6.45) is 3.18. The quantitative estimate of drug-likeness (QED) is 0.617. The largest absolute Gasteiger partial charge is 0.497 e. The molecule has 0 aliphatic carbocycles. The van der Waals surface area contributed by atoms with Crippen LogP contribution in [0, 0.1) is 6.92 Å². The molecule has 5 heteroatoms. The van der Waals surface area contributed by atoms with Gasteiger partial charge >= 0.3 is 0 Å². The Morgan fingerprint density at radius 3 is 2.59 bits per heavy atom. The Labute approximate surface area is 158 Å². The molecule has 0 bridgehead atoms. The average Bonchev–Trinajstić information content (AvgIpc) is 2.67. The predicted molar refractivity (Wildman–Crippen MR) is 108 cm³/mol. The monoisotopic (exact) mass is 364 g/mol. The SMILES string of the molecule is COc1ccc(CCCCC(=O)Nc2ccc3cc(C)c(=O)[nH]c3c2)cc1. The van der Waals surface area contributed by atoms with Crippen molar-refractivity contribution < 1.29 is 9.53 Å². The Hall–Kier alpha value is -3.08. The van der Waals surface area contributed by atoms with E-state index in [1.54, 1.807) is 20.1 Å². The number of fused-ring (bicyclic) bond motifs is 1. The van der Waals surface area contributed by atoms with E-state index in [9.17, 15) is 9.59 Å². The maximum absolute atomic E-state index is 12.2. The van der Waals surface area contributed by atoms with Gasteiger partial charge in [0.15, 0.2) is 0 Å². The number of hydrogen-bond donors (Lipinski definition) is 2. The number of pyridine rings is 1. The molecule has 3 rings (SSSR count). The molecular weight excluding hydrogens is 340 g/mol. The van der Waals surface area contributed by atoms with Crippen molar-refractivity contribution in [1.29, 1.82) is 0 Å². The lowest BCUT2D eigenvalue weighted by atomic mass is 10.1. The third-order valence-electron chi connectivity index (χ3n) is 4.59. The summed E-state index contributed by atoms with van der Waals surface area (Å²) in [6.45, 7) is 1.78. The summed E-state index contributed by atoms with van der Waals surface area (Å²) in [5.74, 6) is 0.837. The summed E-state index contributed by atoms with van der Waals surface area (Å²) >= 11 is 0. The third-order valence-corrected chi connectivity index (χ3v) is 4.59. The standard InChI is InChI=1S/C22H24N2O3/c1-15-13-17-9-10-18(14-20(17)24-22(15)26)23-21(25)6-4-3-5-16-7-11-19(27-2)12-8-16/h7-14H,3-6H2,1-2H3,(H,23,25)(H,24,26). The van der Waals surface area contributed by atoms with Gasteiger partial charge in [-0.15, -0.1) is 0 Å². The van der Waals surface area contributed by atoms with Gasteiger partial charge < -0.3 is 15.0 Å². The van der Waals surface area contributed by atoms with E-state index in [0.717, 1.165) is 35.9 Å². The summed E-state index contributed by atoms with van der Waals surface area (Å²) in [4.78, 5) is 26.7. The van der Waals surface area contributed by atoms with Crippen LogP contribution in [0.2, 0.25) is 0 Å². The molecule has 0 saturated heterocycles. The molecule has 0 spiro atoms. The average molecular weight is 364 g/mol. The normalized spacial score (nSPS) is 10.7. The van der Waals surface area contributed by atoms with Crippen LogP contribution in [0.15, 0.2) is 53.3 Å². The van der Waals surface area contributed by atoms with Gasteiger partial charge in [0.25, 0.3) is 5.56 Å². The zero-order chi connectivity index (χ0) is 19.2. The molecule has 1 aromatic heterocycles. The van der Waals surface area contributed by atoms with Crippen molar-refractivity contribution in [3.05, 3.63) is 70.0 Å². The lowest BCUT2D eigenvalue weighted by molar-refractivity contribution is -0.116. The van der Waals surface area contributed by atoms with Gasteiger partial charge in [-0.25, -0.2) is 0 Å². The second-order valence-electron chi connectivity index (χ2n) is 6.69. The molecule has 1 heterocycles. The Morgan fingerprint density at radius 2 is 1.85 bits per heavy atom. The number of hydrogen-bond acceptors (Lipinski definition) is 3. The fourth-order valence-electron chi connectivity index (χ4n) is 3.02. The van der Waals surface area contributed by atoms with E-state index in [0.29, 0.717) is 17.7 Å². The number of carbonyl (C=O) groups is 1. The van der Waals surface area contributed by atoms with Gasteiger partial charge in [0.2, 0.25) is 5.91 Å². The first-order valence-corrected chi connectivity index (χ1v) is 9.11. The van der Waals surface area contributed by atoms with E-state index < -0.39 is 0 Å². The van der Waals surface area contributed by atoms with Gasteiger partial charge in [-0.2, -0.15) is 0 Å². The van der Waals surface area contributed by atoms with E-state index in [1.807, 2.05) is 30.3 Å². The zero-order valence-electron chi connectivity index (χ0n) is 15.7. The predicted octanol–water partition coefficient (Wildman–Crippen LogP) is 4.20. The number of H-pyrrole nitrogens is 1. The highest BCUT2D eigenvalue weighted by Crippen LogP contribution is 2.18. The number of amides is 1. The number of methoxy groups -OCH3 is 1. The van der Waals surface area contributed by atoms with Crippen molar-refractivity contribution in [3.8, 4) is 5.75 Å². The van der Waals surface area contributed by atoms with Crippen LogP contribution in [0.25, 0.3) is 10.9 Å². The lowest BCUT2D eigenvalue weighted by Gasteiger charge is -2.07. The summed E-state index contributed by atoms with van der Waals surface area (Å²) in [5.41, 5.74) is 3.23. The second kappa shape index (κ2) is 8.54. The molecule has 5 nitrogen and oxygen atoms in total. The fraction of sp³-hybridized carbons (Fsp3) is 0.273. The number of unbranched alkanes of at least 4 members (excludes halogenated alkanes) is 1. The summed E-state index contributed by atoms with van der Waals surface area (Å²) in [7, 11) is 1.65. The van der Waals surface area contributed by atoms with Crippen LogP contribution in [-0.4, -0.2) is 18.0 Å². The molecule has 0 radical (unpaired) electrons. The minimum atomic E-state index is -0.107. The Morgan fingerprint density at radius 1 is 1.07 bits per heavy atom. The first-order valence-electron chi connectivity index (χ1n) is 9.11. The van der Waals surface area contributed by atoms with Crippen molar-refractivity contribution in [2.45, 2.75) is 32.6 Å². The number of benzene rings is 2. The van der Waals surface area contributed by atoms with Gasteiger partial charge in [-0.1, -0.05) is 18.2 Å². The van der Waals surface area contributed by atoms with Crippen LogP contribution in [0.5, 0.6) is 5.75 Å². The highest BCUT2D eigenvalue weighted by atomic mass is 16.5. The molecule has 0 atom stereocenters. The lowest BCUT2D eigenvalue weighted by Crippen LogP contribution is -2.12. The molecule has 0 unspecified atom stereocenters. The van der Waals surface area contributed by atoms with E-state index in [4.69, 9.17) is 4.74 Å². The summed E-state index contributed by atoms with van der Waals surface area (Å²) < 4.78 is 5.15. The molecular formula is C22H24N2O3. The Balaban J connectivity index is 1.49. The molecule has 140 valence electrons. The fourth-order valence-corrected chi connectivity index (χ4v) is 3.02. The Kier molecular flexibility index (Phi) is 5.91. The van der Waals surface area contributed by atoms with Gasteiger partial charge in [-0.3, -0.25) is 9.59 Å². The maximum atomic E-state index is 12.2. The minimum Gasteiger partial charge on any atom is -0.497 e. The second-order valence-corrected chi connectivity index (χ2v) is 6.69. The molecule has 1 amide bonds. The van der Waals surface area contributed by atoms with Crippen LogP contribution < -0.4 is 15.6 Å². The number of aromatic nitrogens is 1. The molecule has 0 aliphatic rings. The number of aryl methyl sites for hydroxylation is 2. The molecule has 0 saturated carbocycles. The molecule has 0 fully saturated rings. The van der Waals surface area contributed by atoms with Crippen molar-refractivity contribution in [2.75, 3.05) is 12.4 Å². The molecule has 3 aromatic rings. The van der Waals surface area contributed by atoms with Crippen molar-refractivity contribution in [2.24, 2.45) is 0 Å². The van der Waals surface area contributed by atoms with E-state index in [1.165, 1.54) is 5.56 Å². The minimum absolute atomic E-state index is 0.0152. The number of ether oxygens (including phenoxy) is 1. The number of rotatable bonds is 7. The van der Waals surface area contributed by atoms with Gasteiger partial charge in [0, 0.05) is 17.7 Å². The van der Waals surface area contributed by atoms with Crippen molar-refractivity contribution in [3.63, 3.8) is 0 Å². The van der Waals surface area contributed by atoms with Gasteiger partial charge in [-0.05, 0) is 67.5 Å². The third kappa shape index (κ3) is 4.97. The van der Waals surface area contributed by atoms with Gasteiger partial charge in [0.05, 0.1) is 12.6 Å². The molecule has 27 heavy (non-hydrogen) atoms. The van der Waals surface area contributed by atoms with E-state index >= 15 is 0 Å². The number of aromatic amines is 1. The first-order chi connectivity index (χ1) is 13.0. The summed E-state index contributed by atoms with van der Waals surface area (Å²) in [5, 5.41) is 3.85. The van der Waals surface area contributed by atoms with Crippen molar-refractivity contribution in [1.82, 2.24) is 4.98 Å². The number of carbonyl (C=O) groups excluding carboxylic acids is 1. The highest BCUT2D eigenvalue weighted by molar-refractivity contribution is 5.93.